The molecule has 5 nitrogen and oxygen atoms in total. The number of benzene rings is 2. The Balaban J connectivity index is 1.67. The maximum Gasteiger partial charge on any atom is 0.243 e. The van der Waals surface area contributed by atoms with Crippen molar-refractivity contribution in [3.8, 4) is 5.75 Å². The second kappa shape index (κ2) is 12.9. The monoisotopic (exact) mass is 490 g/mol. The van der Waals surface area contributed by atoms with Crippen LogP contribution in [0.2, 0.25) is 10.0 Å². The first-order valence-corrected chi connectivity index (χ1v) is 12.4. The first-order valence-electron chi connectivity index (χ1n) is 11.7. The van der Waals surface area contributed by atoms with Crippen molar-refractivity contribution >= 4 is 35.0 Å². The number of rotatable bonds is 11. The van der Waals surface area contributed by atoms with Gasteiger partial charge in [-0.25, -0.2) is 0 Å². The lowest BCUT2D eigenvalue weighted by atomic mass is 10.1. The highest BCUT2D eigenvalue weighted by molar-refractivity contribution is 6.42. The number of halogens is 2. The van der Waals surface area contributed by atoms with Gasteiger partial charge in [-0.3, -0.25) is 9.59 Å². The summed E-state index contributed by atoms with van der Waals surface area (Å²) in [6.07, 6.45) is 5.66. The molecular weight excluding hydrogens is 459 g/mol. The number of ether oxygens (including phenoxy) is 1. The average molecular weight is 491 g/mol. The van der Waals surface area contributed by atoms with Crippen LogP contribution in [0.4, 0.5) is 0 Å². The number of para-hydroxylation sites is 1. The second-order valence-electron chi connectivity index (χ2n) is 8.45. The molecule has 1 fully saturated rings. The number of hydrogen-bond acceptors (Lipinski definition) is 3. The van der Waals surface area contributed by atoms with Gasteiger partial charge in [0.15, 0.2) is 0 Å². The molecule has 0 saturated heterocycles. The molecule has 1 N–H and O–H groups in total. The fraction of sp³-hybridized carbons (Fsp3) is 0.462. The first-order chi connectivity index (χ1) is 16.0. The van der Waals surface area contributed by atoms with E-state index < -0.39 is 6.04 Å². The fourth-order valence-corrected chi connectivity index (χ4v) is 4.52. The van der Waals surface area contributed by atoms with Gasteiger partial charge in [0.2, 0.25) is 11.8 Å². The summed E-state index contributed by atoms with van der Waals surface area (Å²) in [6.45, 7) is 2.67. The third-order valence-electron chi connectivity index (χ3n) is 5.97. The molecule has 0 aliphatic heterocycles. The number of hydrogen-bond donors (Lipinski definition) is 1. The summed E-state index contributed by atoms with van der Waals surface area (Å²) in [7, 11) is 0. The summed E-state index contributed by atoms with van der Waals surface area (Å²) in [5.41, 5.74) is 0.838. The van der Waals surface area contributed by atoms with E-state index in [0.717, 1.165) is 37.0 Å². The molecule has 2 aromatic rings. The van der Waals surface area contributed by atoms with Gasteiger partial charge in [0.05, 0.1) is 16.7 Å². The summed E-state index contributed by atoms with van der Waals surface area (Å²) in [6, 6.07) is 14.5. The Morgan fingerprint density at radius 1 is 1.09 bits per heavy atom. The quantitative estimate of drug-likeness (QED) is 0.391. The third kappa shape index (κ3) is 7.65. The molecule has 1 atom stereocenters. The van der Waals surface area contributed by atoms with Crippen molar-refractivity contribution < 1.29 is 14.3 Å². The minimum absolute atomic E-state index is 0.0776. The van der Waals surface area contributed by atoms with Crippen LogP contribution in [0.3, 0.4) is 0 Å². The van der Waals surface area contributed by atoms with E-state index >= 15 is 0 Å². The molecule has 0 spiro atoms. The largest absolute Gasteiger partial charge is 0.494 e. The summed E-state index contributed by atoms with van der Waals surface area (Å²) in [4.78, 5) is 28.1. The van der Waals surface area contributed by atoms with Crippen molar-refractivity contribution in [3.63, 3.8) is 0 Å². The van der Waals surface area contributed by atoms with Gasteiger partial charge in [-0.2, -0.15) is 0 Å². The molecule has 1 saturated carbocycles. The smallest absolute Gasteiger partial charge is 0.243 e. The lowest BCUT2D eigenvalue weighted by Gasteiger charge is -2.31. The molecular formula is C26H32Cl2N2O3. The molecule has 1 aliphatic rings. The molecule has 0 unspecified atom stereocenters. The van der Waals surface area contributed by atoms with Crippen LogP contribution >= 0.6 is 23.2 Å². The van der Waals surface area contributed by atoms with Crippen molar-refractivity contribution in [2.45, 2.75) is 70.5 Å². The Morgan fingerprint density at radius 2 is 1.82 bits per heavy atom. The molecule has 0 bridgehead atoms. The third-order valence-corrected chi connectivity index (χ3v) is 6.71. The lowest BCUT2D eigenvalue weighted by molar-refractivity contribution is -0.141. The number of carbonyl (C=O) groups excluding carboxylic acids is 2. The molecule has 178 valence electrons. The van der Waals surface area contributed by atoms with Crippen molar-refractivity contribution in [2.75, 3.05) is 6.61 Å². The van der Waals surface area contributed by atoms with E-state index in [1.54, 1.807) is 17.0 Å². The van der Waals surface area contributed by atoms with Gasteiger partial charge in [0, 0.05) is 19.0 Å². The molecule has 33 heavy (non-hydrogen) atoms. The van der Waals surface area contributed by atoms with E-state index in [9.17, 15) is 9.59 Å². The van der Waals surface area contributed by atoms with Crippen molar-refractivity contribution in [2.24, 2.45) is 0 Å². The number of carbonyl (C=O) groups is 2. The highest BCUT2D eigenvalue weighted by atomic mass is 35.5. The first kappa shape index (κ1) is 25.4. The van der Waals surface area contributed by atoms with Crippen LogP contribution in [0.25, 0.3) is 0 Å². The summed E-state index contributed by atoms with van der Waals surface area (Å²) < 4.78 is 5.72. The maximum atomic E-state index is 13.3. The lowest BCUT2D eigenvalue weighted by Crippen LogP contribution is -2.50. The molecule has 0 aromatic heterocycles. The number of amides is 2. The average Bonchev–Trinajstić information content (AvgIpc) is 3.32. The topological polar surface area (TPSA) is 58.6 Å². The zero-order valence-electron chi connectivity index (χ0n) is 19.1. The molecule has 3 rings (SSSR count). The van der Waals surface area contributed by atoms with E-state index in [2.05, 4.69) is 5.32 Å². The molecule has 7 heteroatoms. The summed E-state index contributed by atoms with van der Waals surface area (Å²) >= 11 is 12.3. The SMILES string of the molecule is CC[C@H](C(=O)NC1CCCC1)N(Cc1ccc(Cl)c(Cl)c1)C(=O)CCCOc1ccccc1. The van der Waals surface area contributed by atoms with Crippen molar-refractivity contribution in [1.82, 2.24) is 10.2 Å². The second-order valence-corrected chi connectivity index (χ2v) is 9.26. The van der Waals surface area contributed by atoms with Crippen LogP contribution in [-0.2, 0) is 16.1 Å². The van der Waals surface area contributed by atoms with Crippen LogP contribution in [0.1, 0.15) is 57.4 Å². The maximum absolute atomic E-state index is 13.3. The van der Waals surface area contributed by atoms with Crippen LogP contribution < -0.4 is 10.1 Å². The molecule has 2 amide bonds. The fourth-order valence-electron chi connectivity index (χ4n) is 4.20. The normalized spacial score (nSPS) is 14.6. The zero-order chi connectivity index (χ0) is 23.6. The highest BCUT2D eigenvalue weighted by Gasteiger charge is 2.30. The summed E-state index contributed by atoms with van der Waals surface area (Å²) in [5.74, 6) is 0.615. The Kier molecular flexibility index (Phi) is 9.89. The van der Waals surface area contributed by atoms with Crippen molar-refractivity contribution in [1.29, 1.82) is 0 Å². The Hall–Kier alpha value is -2.24. The van der Waals surface area contributed by atoms with Gasteiger partial charge in [0.25, 0.3) is 0 Å². The van der Waals surface area contributed by atoms with Crippen LogP contribution in [0, 0.1) is 0 Å². The van der Waals surface area contributed by atoms with Gasteiger partial charge in [-0.05, 0) is 55.5 Å². The van der Waals surface area contributed by atoms with Crippen LogP contribution in [-0.4, -0.2) is 35.4 Å². The summed E-state index contributed by atoms with van der Waals surface area (Å²) in [5, 5.41) is 4.05. The minimum Gasteiger partial charge on any atom is -0.494 e. The number of nitrogens with one attached hydrogen (secondary N) is 1. The Bertz CT molecular complexity index is 917. The van der Waals surface area contributed by atoms with Gasteiger partial charge in [0.1, 0.15) is 11.8 Å². The standard InChI is InChI=1S/C26H32Cl2N2O3/c1-2-24(26(32)29-20-9-6-7-10-20)30(18-19-14-15-22(27)23(28)17-19)25(31)13-8-16-33-21-11-4-3-5-12-21/h3-5,11-12,14-15,17,20,24H,2,6-10,13,16,18H2,1H3,(H,29,32)/t24-/m1/s1. The van der Waals surface area contributed by atoms with Crippen LogP contribution in [0.5, 0.6) is 5.75 Å². The van der Waals surface area contributed by atoms with Gasteiger partial charge < -0.3 is 15.0 Å². The van der Waals surface area contributed by atoms with Crippen molar-refractivity contribution in [3.05, 3.63) is 64.1 Å². The van der Waals surface area contributed by atoms with E-state index in [1.807, 2.05) is 43.3 Å². The van der Waals surface area contributed by atoms with Gasteiger partial charge in [-0.1, -0.05) is 67.2 Å². The highest BCUT2D eigenvalue weighted by Crippen LogP contribution is 2.25. The Morgan fingerprint density at radius 3 is 2.48 bits per heavy atom. The molecule has 0 heterocycles. The minimum atomic E-state index is -0.539. The van der Waals surface area contributed by atoms with Crippen LogP contribution in [0.15, 0.2) is 48.5 Å². The predicted octanol–water partition coefficient (Wildman–Crippen LogP) is 6.02. The van der Waals surface area contributed by atoms with E-state index in [1.165, 1.54) is 0 Å². The van der Waals surface area contributed by atoms with E-state index in [4.69, 9.17) is 27.9 Å². The molecule has 1 aliphatic carbocycles. The molecule has 0 radical (unpaired) electrons. The zero-order valence-corrected chi connectivity index (χ0v) is 20.6. The molecule has 2 aromatic carbocycles. The van der Waals surface area contributed by atoms with Gasteiger partial charge in [-0.15, -0.1) is 0 Å². The van der Waals surface area contributed by atoms with E-state index in [-0.39, 0.29) is 17.9 Å². The Labute approximate surface area is 206 Å². The number of nitrogens with zero attached hydrogens (tertiary/aromatic N) is 1. The van der Waals surface area contributed by atoms with E-state index in [0.29, 0.717) is 42.5 Å². The predicted molar refractivity (Wildman–Crippen MR) is 133 cm³/mol. The van der Waals surface area contributed by atoms with Gasteiger partial charge >= 0.3 is 0 Å².